The smallest absolute Gasteiger partial charge is 0.233 e. The van der Waals surface area contributed by atoms with E-state index in [2.05, 4.69) is 14.9 Å². The molecule has 0 atom stereocenters. The molecule has 26 heavy (non-hydrogen) atoms. The minimum atomic E-state index is -0.643. The number of carbonyl (C=O) groups is 1. The highest BCUT2D eigenvalue weighted by Crippen LogP contribution is 2.50. The van der Waals surface area contributed by atoms with Crippen LogP contribution >= 0.6 is 0 Å². The molecular formula is C20H23FN4O. The van der Waals surface area contributed by atoms with Crippen LogP contribution in [0.5, 0.6) is 0 Å². The number of rotatable bonds is 3. The molecule has 1 aliphatic carbocycles. The van der Waals surface area contributed by atoms with Crippen molar-refractivity contribution in [3.63, 3.8) is 0 Å². The minimum Gasteiger partial charge on any atom is -0.353 e. The zero-order valence-corrected chi connectivity index (χ0v) is 15.2. The van der Waals surface area contributed by atoms with E-state index in [0.717, 1.165) is 43.3 Å². The lowest BCUT2D eigenvalue weighted by Gasteiger charge is -2.37. The van der Waals surface area contributed by atoms with E-state index in [4.69, 9.17) is 0 Å². The summed E-state index contributed by atoms with van der Waals surface area (Å²) in [4.78, 5) is 26.0. The Morgan fingerprint density at radius 3 is 2.38 bits per heavy atom. The van der Waals surface area contributed by atoms with Gasteiger partial charge >= 0.3 is 0 Å². The Morgan fingerprint density at radius 1 is 1.08 bits per heavy atom. The highest BCUT2D eigenvalue weighted by molar-refractivity contribution is 5.91. The maximum absolute atomic E-state index is 14.2. The molecule has 1 saturated carbocycles. The van der Waals surface area contributed by atoms with Crippen molar-refractivity contribution in [2.45, 2.75) is 32.1 Å². The van der Waals surface area contributed by atoms with Crippen molar-refractivity contribution in [2.24, 2.45) is 0 Å². The molecule has 2 heterocycles. The lowest BCUT2D eigenvalue weighted by molar-refractivity contribution is -0.134. The fourth-order valence-electron chi connectivity index (χ4n) is 3.87. The first-order valence-electron chi connectivity index (χ1n) is 9.11. The third kappa shape index (κ3) is 2.93. The van der Waals surface area contributed by atoms with Gasteiger partial charge in [-0.2, -0.15) is 0 Å². The van der Waals surface area contributed by atoms with Crippen molar-refractivity contribution >= 4 is 11.7 Å². The molecule has 136 valence electrons. The van der Waals surface area contributed by atoms with Gasteiger partial charge < -0.3 is 9.80 Å². The predicted octanol–water partition coefficient (Wildman–Crippen LogP) is 2.61. The van der Waals surface area contributed by atoms with Gasteiger partial charge in [0.1, 0.15) is 17.5 Å². The van der Waals surface area contributed by atoms with Crippen LogP contribution in [0.4, 0.5) is 10.2 Å². The number of nitrogens with zero attached hydrogens (tertiary/aromatic N) is 4. The van der Waals surface area contributed by atoms with Crippen molar-refractivity contribution in [3.05, 3.63) is 53.2 Å². The summed E-state index contributed by atoms with van der Waals surface area (Å²) in [5.74, 6) is 1.47. The monoisotopic (exact) mass is 354 g/mol. The molecule has 2 aliphatic rings. The number of anilines is 1. The molecule has 0 bridgehead atoms. The molecule has 1 saturated heterocycles. The van der Waals surface area contributed by atoms with Crippen molar-refractivity contribution in [2.75, 3.05) is 31.1 Å². The molecule has 5 nitrogen and oxygen atoms in total. The Hall–Kier alpha value is -2.50. The summed E-state index contributed by atoms with van der Waals surface area (Å²) in [6.45, 7) is 6.59. The second kappa shape index (κ2) is 6.34. The first kappa shape index (κ1) is 16.9. The van der Waals surface area contributed by atoms with Crippen LogP contribution in [-0.4, -0.2) is 47.0 Å². The molecule has 6 heteroatoms. The number of benzene rings is 1. The fourth-order valence-corrected chi connectivity index (χ4v) is 3.87. The normalized spacial score (nSPS) is 18.7. The van der Waals surface area contributed by atoms with Crippen molar-refractivity contribution in [3.8, 4) is 0 Å². The van der Waals surface area contributed by atoms with E-state index in [0.29, 0.717) is 18.7 Å². The van der Waals surface area contributed by atoms with E-state index in [1.807, 2.05) is 30.9 Å². The highest BCUT2D eigenvalue weighted by atomic mass is 19.1. The first-order valence-corrected chi connectivity index (χ1v) is 9.11. The van der Waals surface area contributed by atoms with Gasteiger partial charge in [-0.25, -0.2) is 14.4 Å². The van der Waals surface area contributed by atoms with E-state index in [-0.39, 0.29) is 11.7 Å². The molecule has 2 aromatic rings. The molecule has 1 amide bonds. The van der Waals surface area contributed by atoms with Crippen LogP contribution in [-0.2, 0) is 10.2 Å². The molecular weight excluding hydrogens is 331 g/mol. The Kier molecular flexibility index (Phi) is 4.13. The van der Waals surface area contributed by atoms with Gasteiger partial charge in [0, 0.05) is 43.5 Å². The van der Waals surface area contributed by atoms with Gasteiger partial charge in [0.25, 0.3) is 0 Å². The van der Waals surface area contributed by atoms with Crippen LogP contribution in [0, 0.1) is 19.7 Å². The minimum absolute atomic E-state index is 0.0669. The summed E-state index contributed by atoms with van der Waals surface area (Å²) < 4.78 is 14.2. The number of aryl methyl sites for hydroxylation is 2. The maximum Gasteiger partial charge on any atom is 0.233 e. The zero-order valence-electron chi connectivity index (χ0n) is 15.2. The van der Waals surface area contributed by atoms with Crippen LogP contribution in [0.25, 0.3) is 0 Å². The lowest BCUT2D eigenvalue weighted by atomic mass is 9.93. The van der Waals surface area contributed by atoms with Gasteiger partial charge in [0.2, 0.25) is 5.91 Å². The number of aromatic nitrogens is 2. The summed E-state index contributed by atoms with van der Waals surface area (Å²) in [5.41, 5.74) is 0.854. The number of carbonyl (C=O) groups excluding carboxylic acids is 1. The fraction of sp³-hybridized carbons (Fsp3) is 0.450. The summed E-state index contributed by atoms with van der Waals surface area (Å²) >= 11 is 0. The summed E-state index contributed by atoms with van der Waals surface area (Å²) in [5, 5.41) is 0. The van der Waals surface area contributed by atoms with Crippen LogP contribution in [0.3, 0.4) is 0 Å². The van der Waals surface area contributed by atoms with E-state index >= 15 is 0 Å². The Balaban J connectivity index is 1.47. The second-order valence-electron chi connectivity index (χ2n) is 7.26. The predicted molar refractivity (Wildman–Crippen MR) is 97.6 cm³/mol. The SMILES string of the molecule is Cc1cc(N2CCN(C(=O)C3(c4ccccc4F)CC3)CC2)nc(C)n1. The molecule has 0 radical (unpaired) electrons. The van der Waals surface area contributed by atoms with Crippen LogP contribution in [0.15, 0.2) is 30.3 Å². The molecule has 1 aromatic heterocycles. The van der Waals surface area contributed by atoms with E-state index < -0.39 is 5.41 Å². The van der Waals surface area contributed by atoms with Crippen molar-refractivity contribution < 1.29 is 9.18 Å². The summed E-state index contributed by atoms with van der Waals surface area (Å²) in [7, 11) is 0. The van der Waals surface area contributed by atoms with Gasteiger partial charge in [-0.15, -0.1) is 0 Å². The molecule has 2 fully saturated rings. The summed E-state index contributed by atoms with van der Waals surface area (Å²) in [6.07, 6.45) is 1.47. The molecule has 0 N–H and O–H groups in total. The van der Waals surface area contributed by atoms with Crippen LogP contribution in [0.2, 0.25) is 0 Å². The van der Waals surface area contributed by atoms with Gasteiger partial charge in [-0.1, -0.05) is 18.2 Å². The Morgan fingerprint density at radius 2 is 1.77 bits per heavy atom. The molecule has 4 rings (SSSR count). The van der Waals surface area contributed by atoms with Crippen LogP contribution < -0.4 is 4.90 Å². The molecule has 1 aromatic carbocycles. The van der Waals surface area contributed by atoms with Gasteiger partial charge in [0.15, 0.2) is 0 Å². The Labute approximate surface area is 152 Å². The maximum atomic E-state index is 14.2. The first-order chi connectivity index (χ1) is 12.5. The number of halogens is 1. The summed E-state index contributed by atoms with van der Waals surface area (Å²) in [6, 6.07) is 8.66. The van der Waals surface area contributed by atoms with E-state index in [9.17, 15) is 9.18 Å². The van der Waals surface area contributed by atoms with Crippen molar-refractivity contribution in [1.82, 2.24) is 14.9 Å². The van der Waals surface area contributed by atoms with Crippen molar-refractivity contribution in [1.29, 1.82) is 0 Å². The standard InChI is InChI=1S/C20H23FN4O/c1-14-13-18(23-15(2)22-14)24-9-11-25(12-10-24)19(26)20(7-8-20)16-5-3-4-6-17(16)21/h3-6,13H,7-12H2,1-2H3. The molecule has 1 aliphatic heterocycles. The molecule has 0 unspecified atom stereocenters. The van der Waals surface area contributed by atoms with Gasteiger partial charge in [-0.3, -0.25) is 4.79 Å². The second-order valence-corrected chi connectivity index (χ2v) is 7.26. The average Bonchev–Trinajstić information content (AvgIpc) is 3.42. The Bertz CT molecular complexity index is 821. The lowest BCUT2D eigenvalue weighted by Crippen LogP contribution is -2.52. The number of amides is 1. The van der Waals surface area contributed by atoms with E-state index in [1.165, 1.54) is 6.07 Å². The number of hydrogen-bond donors (Lipinski definition) is 0. The van der Waals surface area contributed by atoms with E-state index in [1.54, 1.807) is 12.1 Å². The third-order valence-electron chi connectivity index (χ3n) is 5.39. The number of piperazine rings is 1. The van der Waals surface area contributed by atoms with Gasteiger partial charge in [-0.05, 0) is 32.8 Å². The largest absolute Gasteiger partial charge is 0.353 e. The zero-order chi connectivity index (χ0) is 18.3. The quantitative estimate of drug-likeness (QED) is 0.850. The van der Waals surface area contributed by atoms with Crippen LogP contribution in [0.1, 0.15) is 29.9 Å². The number of hydrogen-bond acceptors (Lipinski definition) is 4. The molecule has 0 spiro atoms. The average molecular weight is 354 g/mol. The highest BCUT2D eigenvalue weighted by Gasteiger charge is 2.54. The topological polar surface area (TPSA) is 49.3 Å². The van der Waals surface area contributed by atoms with Gasteiger partial charge in [0.05, 0.1) is 5.41 Å². The third-order valence-corrected chi connectivity index (χ3v) is 5.39.